The third kappa shape index (κ3) is 1.74. The summed E-state index contributed by atoms with van der Waals surface area (Å²) in [5, 5.41) is 22.7. The molecule has 0 aromatic carbocycles. The fourth-order valence-corrected chi connectivity index (χ4v) is 6.73. The van der Waals surface area contributed by atoms with E-state index in [0.29, 0.717) is 18.9 Å². The predicted octanol–water partition coefficient (Wildman–Crippen LogP) is 1.59. The van der Waals surface area contributed by atoms with Crippen molar-refractivity contribution >= 4 is 5.78 Å². The van der Waals surface area contributed by atoms with Gasteiger partial charge in [0.15, 0.2) is 11.4 Å². The number of hydrogen-bond donors (Lipinski definition) is 2. The Balaban J connectivity index is 1.77. The van der Waals surface area contributed by atoms with Gasteiger partial charge in [0.1, 0.15) is 12.2 Å². The highest BCUT2D eigenvalue weighted by atomic mass is 16.5. The van der Waals surface area contributed by atoms with Gasteiger partial charge in [-0.25, -0.2) is 0 Å². The molecule has 5 nitrogen and oxygen atoms in total. The Labute approximate surface area is 154 Å². The minimum atomic E-state index is -1.60. The maximum atomic E-state index is 12.5. The van der Waals surface area contributed by atoms with Crippen LogP contribution in [0.25, 0.3) is 0 Å². The first-order valence-corrected chi connectivity index (χ1v) is 10.0. The highest BCUT2D eigenvalue weighted by Crippen LogP contribution is 2.67. The lowest BCUT2D eigenvalue weighted by Gasteiger charge is -2.59. The summed E-state index contributed by atoms with van der Waals surface area (Å²) in [6, 6.07) is 0.382. The summed E-state index contributed by atoms with van der Waals surface area (Å²) in [6.07, 6.45) is 6.87. The van der Waals surface area contributed by atoms with Crippen LogP contribution in [0.2, 0.25) is 0 Å². The molecule has 2 bridgehead atoms. The van der Waals surface area contributed by atoms with E-state index in [-0.39, 0.29) is 23.2 Å². The van der Waals surface area contributed by atoms with Crippen molar-refractivity contribution in [3.8, 4) is 0 Å². The SMILES string of the molecule is CCC1(O)CCC2=C3C1O[C@@H]1[C@]34CCN(C)[C@H](C2)[C@@H]4C=C[C@@]1(O)C(C)=O. The second-order valence-corrected chi connectivity index (χ2v) is 9.18. The van der Waals surface area contributed by atoms with Gasteiger partial charge in [-0.15, -0.1) is 0 Å². The molecule has 2 fully saturated rings. The molecule has 5 heteroatoms. The Hall–Kier alpha value is -1.01. The van der Waals surface area contributed by atoms with Crippen molar-refractivity contribution in [1.29, 1.82) is 0 Å². The van der Waals surface area contributed by atoms with Gasteiger partial charge in [-0.2, -0.15) is 0 Å². The molecule has 2 saturated heterocycles. The molecule has 142 valence electrons. The standard InChI is InChI=1S/C21H29NO4/c1-4-19(24)7-5-13-11-15-14-6-8-21(25,12(2)23)18-20(14,9-10-22(15)3)16(13)17(19)26-18/h6,8,14-15,17-18,24-25H,4-5,7,9-11H2,1-3H3/t14-,15+,17?,18+,19?,20-,21+/m0/s1. The van der Waals surface area contributed by atoms with Crippen LogP contribution in [0, 0.1) is 11.3 Å². The number of Topliss-reactive ketones (excluding diaryl/α,β-unsaturated/α-hetero) is 1. The molecule has 5 aliphatic rings. The van der Waals surface area contributed by atoms with Crippen LogP contribution in [-0.4, -0.2) is 63.9 Å². The fraction of sp³-hybridized carbons (Fsp3) is 0.762. The highest BCUT2D eigenvalue weighted by Gasteiger charge is 2.72. The molecule has 0 amide bonds. The van der Waals surface area contributed by atoms with Crippen LogP contribution in [0.15, 0.2) is 23.3 Å². The smallest absolute Gasteiger partial charge is 0.167 e. The summed E-state index contributed by atoms with van der Waals surface area (Å²) >= 11 is 0. The van der Waals surface area contributed by atoms with E-state index in [1.807, 2.05) is 6.92 Å². The summed E-state index contributed by atoms with van der Waals surface area (Å²) < 4.78 is 6.50. The van der Waals surface area contributed by atoms with Crippen molar-refractivity contribution < 1.29 is 19.7 Å². The van der Waals surface area contributed by atoms with Crippen molar-refractivity contribution in [2.75, 3.05) is 13.6 Å². The van der Waals surface area contributed by atoms with Crippen LogP contribution in [0.1, 0.15) is 46.0 Å². The van der Waals surface area contributed by atoms with Gasteiger partial charge in [-0.3, -0.25) is 4.79 Å². The maximum absolute atomic E-state index is 12.5. The fourth-order valence-electron chi connectivity index (χ4n) is 6.73. The number of rotatable bonds is 2. The summed E-state index contributed by atoms with van der Waals surface area (Å²) in [4.78, 5) is 14.9. The molecule has 2 unspecified atom stereocenters. The number of hydrogen-bond acceptors (Lipinski definition) is 5. The zero-order valence-electron chi connectivity index (χ0n) is 15.9. The molecule has 0 aromatic rings. The average Bonchev–Trinajstić information content (AvgIpc) is 2.98. The monoisotopic (exact) mass is 359 g/mol. The normalized spacial score (nSPS) is 52.2. The zero-order chi connectivity index (χ0) is 18.5. The van der Waals surface area contributed by atoms with E-state index in [1.165, 1.54) is 18.1 Å². The van der Waals surface area contributed by atoms with Gasteiger partial charge in [-0.05, 0) is 64.3 Å². The molecule has 2 heterocycles. The van der Waals surface area contributed by atoms with Crippen molar-refractivity contribution in [2.24, 2.45) is 11.3 Å². The highest BCUT2D eigenvalue weighted by molar-refractivity contribution is 5.88. The molecular formula is C21H29NO4. The third-order valence-corrected chi connectivity index (χ3v) is 8.28. The topological polar surface area (TPSA) is 70.0 Å². The van der Waals surface area contributed by atoms with Crippen molar-refractivity contribution in [2.45, 2.75) is 75.4 Å². The number of ether oxygens (including phenoxy) is 1. The van der Waals surface area contributed by atoms with Crippen molar-refractivity contribution in [1.82, 2.24) is 4.90 Å². The van der Waals surface area contributed by atoms with Crippen LogP contribution in [-0.2, 0) is 9.53 Å². The first-order valence-electron chi connectivity index (χ1n) is 10.0. The number of ketones is 1. The van der Waals surface area contributed by atoms with E-state index in [1.54, 1.807) is 6.08 Å². The van der Waals surface area contributed by atoms with E-state index < -0.39 is 17.3 Å². The molecule has 1 spiro atoms. The van der Waals surface area contributed by atoms with E-state index in [4.69, 9.17) is 4.74 Å². The molecule has 7 atom stereocenters. The second kappa shape index (κ2) is 5.07. The number of carbonyl (C=O) groups is 1. The van der Waals surface area contributed by atoms with Gasteiger partial charge >= 0.3 is 0 Å². The Kier molecular flexibility index (Phi) is 3.34. The number of carbonyl (C=O) groups excluding carboxylic acids is 1. The van der Waals surface area contributed by atoms with E-state index in [2.05, 4.69) is 18.0 Å². The summed E-state index contributed by atoms with van der Waals surface area (Å²) in [5.41, 5.74) is -0.211. The Bertz CT molecular complexity index is 744. The average molecular weight is 359 g/mol. The number of piperidine rings is 1. The summed E-state index contributed by atoms with van der Waals surface area (Å²) in [6.45, 7) is 4.38. The Morgan fingerprint density at radius 3 is 2.85 bits per heavy atom. The van der Waals surface area contributed by atoms with Crippen LogP contribution in [0.3, 0.4) is 0 Å². The molecule has 0 radical (unpaired) electrons. The van der Waals surface area contributed by atoms with Crippen molar-refractivity contribution in [3.05, 3.63) is 23.3 Å². The van der Waals surface area contributed by atoms with Gasteiger partial charge < -0.3 is 19.8 Å². The molecule has 2 aliphatic heterocycles. The van der Waals surface area contributed by atoms with Crippen LogP contribution in [0.4, 0.5) is 0 Å². The van der Waals surface area contributed by atoms with Gasteiger partial charge in [0, 0.05) is 17.4 Å². The first-order chi connectivity index (χ1) is 12.3. The van der Waals surface area contributed by atoms with E-state index in [9.17, 15) is 15.0 Å². The molecule has 0 aromatic heterocycles. The number of aliphatic hydroxyl groups is 2. The largest absolute Gasteiger partial charge is 0.387 e. The molecule has 0 saturated carbocycles. The number of nitrogens with zero attached hydrogens (tertiary/aromatic N) is 1. The van der Waals surface area contributed by atoms with Crippen molar-refractivity contribution in [3.63, 3.8) is 0 Å². The minimum absolute atomic E-state index is 0.230. The molecule has 2 N–H and O–H groups in total. The van der Waals surface area contributed by atoms with Crippen LogP contribution < -0.4 is 0 Å². The van der Waals surface area contributed by atoms with E-state index >= 15 is 0 Å². The molecule has 3 aliphatic carbocycles. The van der Waals surface area contributed by atoms with E-state index in [0.717, 1.165) is 25.8 Å². The Morgan fingerprint density at radius 1 is 1.38 bits per heavy atom. The van der Waals surface area contributed by atoms with Gasteiger partial charge in [0.25, 0.3) is 0 Å². The molecular weight excluding hydrogens is 330 g/mol. The molecule has 26 heavy (non-hydrogen) atoms. The second-order valence-electron chi connectivity index (χ2n) is 9.18. The minimum Gasteiger partial charge on any atom is -0.387 e. The molecule has 5 rings (SSSR count). The quantitative estimate of drug-likeness (QED) is 0.733. The van der Waals surface area contributed by atoms with Gasteiger partial charge in [0.2, 0.25) is 0 Å². The third-order valence-electron chi connectivity index (χ3n) is 8.28. The number of likely N-dealkylation sites (tertiary alicyclic amines) is 1. The van der Waals surface area contributed by atoms with Gasteiger partial charge in [0.05, 0.1) is 5.60 Å². The maximum Gasteiger partial charge on any atom is 0.167 e. The first kappa shape index (κ1) is 17.1. The van der Waals surface area contributed by atoms with Gasteiger partial charge in [-0.1, -0.05) is 18.6 Å². The predicted molar refractivity (Wildman–Crippen MR) is 96.5 cm³/mol. The summed E-state index contributed by atoms with van der Waals surface area (Å²) in [7, 11) is 2.18. The lowest BCUT2D eigenvalue weighted by Crippen LogP contribution is -2.66. The lowest BCUT2D eigenvalue weighted by atomic mass is 9.49. The summed E-state index contributed by atoms with van der Waals surface area (Å²) in [5.74, 6) is -0.0395. The Morgan fingerprint density at radius 2 is 2.15 bits per heavy atom. The van der Waals surface area contributed by atoms with Crippen LogP contribution in [0.5, 0.6) is 0 Å². The van der Waals surface area contributed by atoms with Crippen LogP contribution >= 0.6 is 0 Å². The zero-order valence-corrected chi connectivity index (χ0v) is 15.9. The lowest BCUT2D eigenvalue weighted by molar-refractivity contribution is -0.178.